The average molecular weight is 325 g/mol. The topological polar surface area (TPSA) is 20.3 Å². The Kier molecular flexibility index (Phi) is 4.70. The molecule has 0 N–H and O–H groups in total. The van der Waals surface area contributed by atoms with E-state index in [-0.39, 0.29) is 11.7 Å². The summed E-state index contributed by atoms with van der Waals surface area (Å²) >= 11 is 0. The first kappa shape index (κ1) is 16.7. The lowest BCUT2D eigenvalue weighted by Crippen LogP contribution is -2.37. The van der Waals surface area contributed by atoms with E-state index in [4.69, 9.17) is 0 Å². The third-order valence-electron chi connectivity index (χ3n) is 4.92. The summed E-state index contributed by atoms with van der Waals surface area (Å²) in [6.07, 6.45) is 1.59. The second kappa shape index (κ2) is 6.76. The summed E-state index contributed by atoms with van der Waals surface area (Å²) in [7, 11) is 0. The molecule has 1 atom stereocenters. The molecular formula is C21H24FNO. The van der Waals surface area contributed by atoms with Crippen molar-refractivity contribution in [3.63, 3.8) is 0 Å². The minimum atomic E-state index is -0.279. The van der Waals surface area contributed by atoms with E-state index in [2.05, 4.69) is 32.0 Å². The molecule has 1 amide bonds. The van der Waals surface area contributed by atoms with Crippen LogP contribution in [-0.4, -0.2) is 12.5 Å². The molecule has 2 aromatic rings. The Hall–Kier alpha value is -2.16. The van der Waals surface area contributed by atoms with Crippen LogP contribution < -0.4 is 4.90 Å². The fraction of sp³-hybridized carbons (Fsp3) is 0.381. The summed E-state index contributed by atoms with van der Waals surface area (Å²) in [6.45, 7) is 6.44. The molecule has 2 nitrogen and oxygen atoms in total. The molecule has 0 radical (unpaired) electrons. The van der Waals surface area contributed by atoms with Crippen molar-refractivity contribution >= 4 is 11.6 Å². The Morgan fingerprint density at radius 3 is 2.54 bits per heavy atom. The normalized spacial score (nSPS) is 17.0. The average Bonchev–Trinajstić information content (AvgIpc) is 2.54. The predicted octanol–water partition coefficient (Wildman–Crippen LogP) is 4.91. The van der Waals surface area contributed by atoms with Crippen molar-refractivity contribution in [2.45, 2.75) is 39.5 Å². The fourth-order valence-corrected chi connectivity index (χ4v) is 3.72. The number of amides is 1. The summed E-state index contributed by atoms with van der Waals surface area (Å²) in [4.78, 5) is 13.5. The summed E-state index contributed by atoms with van der Waals surface area (Å²) in [5.41, 5.74) is 3.60. The van der Waals surface area contributed by atoms with Gasteiger partial charge in [0.1, 0.15) is 5.82 Å². The number of hydrogen-bond acceptors (Lipinski definition) is 1. The lowest BCUT2D eigenvalue weighted by atomic mass is 9.80. The van der Waals surface area contributed by atoms with Gasteiger partial charge in [-0.15, -0.1) is 0 Å². The quantitative estimate of drug-likeness (QED) is 0.785. The van der Waals surface area contributed by atoms with Gasteiger partial charge >= 0.3 is 0 Å². The largest absolute Gasteiger partial charge is 0.310 e. The molecule has 0 fully saturated rings. The maximum Gasteiger partial charge on any atom is 0.223 e. The zero-order valence-corrected chi connectivity index (χ0v) is 14.6. The molecule has 0 aromatic heterocycles. The van der Waals surface area contributed by atoms with Gasteiger partial charge in [-0.1, -0.05) is 50.2 Å². The number of fused-ring (bicyclic) bond motifs is 1. The Labute approximate surface area is 143 Å². The molecule has 2 aromatic carbocycles. The second-order valence-electron chi connectivity index (χ2n) is 6.99. The smallest absolute Gasteiger partial charge is 0.223 e. The van der Waals surface area contributed by atoms with Crippen LogP contribution in [0.1, 0.15) is 49.8 Å². The van der Waals surface area contributed by atoms with Crippen molar-refractivity contribution in [1.82, 2.24) is 0 Å². The van der Waals surface area contributed by atoms with Crippen LogP contribution in [-0.2, 0) is 11.2 Å². The molecule has 3 heteroatoms. The number of rotatable bonds is 3. The van der Waals surface area contributed by atoms with Gasteiger partial charge in [-0.25, -0.2) is 4.39 Å². The van der Waals surface area contributed by atoms with Gasteiger partial charge in [0.2, 0.25) is 5.91 Å². The molecule has 0 aliphatic carbocycles. The predicted molar refractivity (Wildman–Crippen MR) is 95.9 cm³/mol. The van der Waals surface area contributed by atoms with E-state index in [1.807, 2.05) is 18.2 Å². The van der Waals surface area contributed by atoms with Crippen LogP contribution >= 0.6 is 0 Å². The highest BCUT2D eigenvalue weighted by atomic mass is 19.1. The van der Waals surface area contributed by atoms with Gasteiger partial charge in [0.25, 0.3) is 0 Å². The minimum Gasteiger partial charge on any atom is -0.310 e. The summed E-state index contributed by atoms with van der Waals surface area (Å²) < 4.78 is 14.9. The lowest BCUT2D eigenvalue weighted by Gasteiger charge is -2.36. The molecule has 24 heavy (non-hydrogen) atoms. The Bertz CT molecular complexity index is 739. The van der Waals surface area contributed by atoms with E-state index in [0.29, 0.717) is 30.5 Å². The molecule has 126 valence electrons. The van der Waals surface area contributed by atoms with Gasteiger partial charge in [-0.3, -0.25) is 4.79 Å². The number of carbonyl (C=O) groups is 1. The highest BCUT2D eigenvalue weighted by molar-refractivity contribution is 5.93. The van der Waals surface area contributed by atoms with Crippen LogP contribution in [0.5, 0.6) is 0 Å². The number of carbonyl (C=O) groups excluding carboxylic acids is 1. The third kappa shape index (κ3) is 3.21. The van der Waals surface area contributed by atoms with Gasteiger partial charge in [0.15, 0.2) is 0 Å². The first-order chi connectivity index (χ1) is 11.5. The van der Waals surface area contributed by atoms with Crippen LogP contribution in [0.15, 0.2) is 42.5 Å². The van der Waals surface area contributed by atoms with Gasteiger partial charge < -0.3 is 4.90 Å². The minimum absolute atomic E-state index is 0.0897. The number of benzene rings is 2. The molecular weight excluding hydrogens is 301 g/mol. The number of hydrogen-bond donors (Lipinski definition) is 0. The van der Waals surface area contributed by atoms with E-state index in [9.17, 15) is 9.18 Å². The lowest BCUT2D eigenvalue weighted by molar-refractivity contribution is -0.116. The van der Waals surface area contributed by atoms with Crippen LogP contribution in [0.25, 0.3) is 0 Å². The first-order valence-electron chi connectivity index (χ1n) is 8.61. The standard InChI is InChI=1S/C21H24FNO/c1-14(2)18-9-10-23(15(3)24)21-19(18)12-17(13-20(21)22)11-16-7-5-4-6-8-16/h4-8,12-14,18H,9-11H2,1-3H3. The Morgan fingerprint density at radius 1 is 1.21 bits per heavy atom. The first-order valence-corrected chi connectivity index (χ1v) is 8.61. The monoisotopic (exact) mass is 325 g/mol. The molecule has 0 saturated carbocycles. The zero-order valence-electron chi connectivity index (χ0n) is 14.6. The van der Waals surface area contributed by atoms with Gasteiger partial charge in [0.05, 0.1) is 5.69 Å². The Morgan fingerprint density at radius 2 is 1.92 bits per heavy atom. The maximum absolute atomic E-state index is 14.9. The van der Waals surface area contributed by atoms with Crippen LogP contribution in [0.4, 0.5) is 10.1 Å². The van der Waals surface area contributed by atoms with Crippen LogP contribution in [0, 0.1) is 11.7 Å². The molecule has 1 unspecified atom stereocenters. The van der Waals surface area contributed by atoms with Crippen molar-refractivity contribution in [2.75, 3.05) is 11.4 Å². The fourth-order valence-electron chi connectivity index (χ4n) is 3.72. The van der Waals surface area contributed by atoms with Gasteiger partial charge in [-0.05, 0) is 47.4 Å². The molecule has 0 saturated heterocycles. The van der Waals surface area contributed by atoms with E-state index < -0.39 is 0 Å². The number of nitrogens with zero attached hydrogens (tertiary/aromatic N) is 1. The van der Waals surface area contributed by atoms with Gasteiger partial charge in [-0.2, -0.15) is 0 Å². The van der Waals surface area contributed by atoms with E-state index in [0.717, 1.165) is 23.1 Å². The highest BCUT2D eigenvalue weighted by Gasteiger charge is 2.31. The molecule has 0 bridgehead atoms. The van der Waals surface area contributed by atoms with Crippen LogP contribution in [0.2, 0.25) is 0 Å². The summed E-state index contributed by atoms with van der Waals surface area (Å²) in [5.74, 6) is 0.345. The molecule has 1 aliphatic heterocycles. The van der Waals surface area contributed by atoms with Crippen molar-refractivity contribution < 1.29 is 9.18 Å². The van der Waals surface area contributed by atoms with Gasteiger partial charge in [0, 0.05) is 13.5 Å². The van der Waals surface area contributed by atoms with Crippen molar-refractivity contribution in [2.24, 2.45) is 5.92 Å². The second-order valence-corrected chi connectivity index (χ2v) is 6.99. The third-order valence-corrected chi connectivity index (χ3v) is 4.92. The highest BCUT2D eigenvalue weighted by Crippen LogP contribution is 2.41. The van der Waals surface area contributed by atoms with E-state index >= 15 is 0 Å². The Balaban J connectivity index is 2.05. The maximum atomic E-state index is 14.9. The SMILES string of the molecule is CC(=O)N1CCC(C(C)C)c2cc(Cc3ccccc3)cc(F)c21. The van der Waals surface area contributed by atoms with E-state index in [1.54, 1.807) is 11.0 Å². The zero-order chi connectivity index (χ0) is 17.3. The van der Waals surface area contributed by atoms with Crippen LogP contribution in [0.3, 0.4) is 0 Å². The van der Waals surface area contributed by atoms with Crippen molar-refractivity contribution in [1.29, 1.82) is 0 Å². The molecule has 1 heterocycles. The number of anilines is 1. The molecule has 1 aliphatic rings. The summed E-state index contributed by atoms with van der Waals surface area (Å²) in [6, 6.07) is 13.8. The number of halogens is 1. The van der Waals surface area contributed by atoms with Crippen molar-refractivity contribution in [3.05, 3.63) is 65.0 Å². The van der Waals surface area contributed by atoms with E-state index in [1.165, 1.54) is 6.92 Å². The summed E-state index contributed by atoms with van der Waals surface area (Å²) in [5, 5.41) is 0. The molecule has 3 rings (SSSR count). The molecule has 0 spiro atoms. The van der Waals surface area contributed by atoms with Crippen molar-refractivity contribution in [3.8, 4) is 0 Å².